The Morgan fingerprint density at radius 1 is 1.63 bits per heavy atom. The molecule has 0 saturated heterocycles. The summed E-state index contributed by atoms with van der Waals surface area (Å²) >= 11 is 1.10. The van der Waals surface area contributed by atoms with Crippen molar-refractivity contribution < 1.29 is 9.90 Å². The second kappa shape index (κ2) is 5.14. The van der Waals surface area contributed by atoms with E-state index in [-0.39, 0.29) is 16.9 Å². The Labute approximate surface area is 111 Å². The Hall–Kier alpha value is -2.29. The SMILES string of the molecule is CCn1c(Sc2ncc(C(=O)O)cc2N)n[nH]c1=O. The smallest absolute Gasteiger partial charge is 0.343 e. The van der Waals surface area contributed by atoms with Crippen molar-refractivity contribution in [3.05, 3.63) is 28.3 Å². The minimum absolute atomic E-state index is 0.0109. The molecule has 8 nitrogen and oxygen atoms in total. The molecule has 0 radical (unpaired) electrons. The molecule has 0 fully saturated rings. The van der Waals surface area contributed by atoms with Gasteiger partial charge in [-0.2, -0.15) is 0 Å². The van der Waals surface area contributed by atoms with Crippen molar-refractivity contribution in [1.82, 2.24) is 19.7 Å². The average Bonchev–Trinajstić information content (AvgIpc) is 2.72. The van der Waals surface area contributed by atoms with E-state index in [1.807, 2.05) is 6.92 Å². The predicted octanol–water partition coefficient (Wildman–Crippen LogP) is 0.418. The number of nitrogens with one attached hydrogen (secondary N) is 1. The molecular formula is C10H11N5O3S. The zero-order valence-electron chi connectivity index (χ0n) is 9.95. The van der Waals surface area contributed by atoms with Crippen molar-refractivity contribution in [2.24, 2.45) is 0 Å². The number of nitrogens with two attached hydrogens (primary N) is 1. The van der Waals surface area contributed by atoms with Crippen LogP contribution in [0.5, 0.6) is 0 Å². The number of pyridine rings is 1. The third-order valence-corrected chi connectivity index (χ3v) is 3.38. The minimum Gasteiger partial charge on any atom is -0.478 e. The molecule has 0 atom stereocenters. The second-order valence-electron chi connectivity index (χ2n) is 3.58. The van der Waals surface area contributed by atoms with Gasteiger partial charge in [0, 0.05) is 12.7 Å². The molecule has 0 aromatic carbocycles. The van der Waals surface area contributed by atoms with Crippen LogP contribution in [0, 0.1) is 0 Å². The lowest BCUT2D eigenvalue weighted by molar-refractivity contribution is 0.0696. The molecule has 2 aromatic heterocycles. The van der Waals surface area contributed by atoms with Crippen LogP contribution in [0.15, 0.2) is 27.2 Å². The summed E-state index contributed by atoms with van der Waals surface area (Å²) in [6, 6.07) is 1.32. The van der Waals surface area contributed by atoms with E-state index in [0.29, 0.717) is 16.7 Å². The molecule has 0 aliphatic heterocycles. The van der Waals surface area contributed by atoms with Crippen LogP contribution in [-0.4, -0.2) is 30.8 Å². The number of carbonyl (C=O) groups is 1. The fraction of sp³-hybridized carbons (Fsp3) is 0.200. The van der Waals surface area contributed by atoms with E-state index >= 15 is 0 Å². The van der Waals surface area contributed by atoms with Crippen molar-refractivity contribution in [3.63, 3.8) is 0 Å². The highest BCUT2D eigenvalue weighted by Crippen LogP contribution is 2.28. The van der Waals surface area contributed by atoms with E-state index in [9.17, 15) is 9.59 Å². The van der Waals surface area contributed by atoms with Gasteiger partial charge in [-0.3, -0.25) is 4.57 Å². The van der Waals surface area contributed by atoms with Gasteiger partial charge < -0.3 is 10.8 Å². The zero-order chi connectivity index (χ0) is 14.0. The quantitative estimate of drug-likeness (QED) is 0.741. The largest absolute Gasteiger partial charge is 0.478 e. The van der Waals surface area contributed by atoms with E-state index in [2.05, 4.69) is 15.2 Å². The van der Waals surface area contributed by atoms with Gasteiger partial charge in [-0.1, -0.05) is 0 Å². The number of nitrogens with zero attached hydrogens (tertiary/aromatic N) is 3. The number of hydrogen-bond donors (Lipinski definition) is 3. The van der Waals surface area contributed by atoms with E-state index < -0.39 is 5.97 Å². The minimum atomic E-state index is -1.10. The second-order valence-corrected chi connectivity index (χ2v) is 4.54. The van der Waals surface area contributed by atoms with Gasteiger partial charge in [0.25, 0.3) is 0 Å². The van der Waals surface area contributed by atoms with Crippen LogP contribution in [0.25, 0.3) is 0 Å². The Morgan fingerprint density at radius 3 is 2.95 bits per heavy atom. The summed E-state index contributed by atoms with van der Waals surface area (Å²) in [5.41, 5.74) is 5.66. The van der Waals surface area contributed by atoms with Crippen molar-refractivity contribution in [2.45, 2.75) is 23.7 Å². The first-order valence-electron chi connectivity index (χ1n) is 5.34. The maximum absolute atomic E-state index is 11.4. The predicted molar refractivity (Wildman–Crippen MR) is 68.3 cm³/mol. The number of carboxylic acid groups (broad SMARTS) is 1. The van der Waals surface area contributed by atoms with Crippen LogP contribution in [-0.2, 0) is 6.54 Å². The molecule has 0 saturated carbocycles. The van der Waals surface area contributed by atoms with Gasteiger partial charge in [0.1, 0.15) is 5.03 Å². The van der Waals surface area contributed by atoms with Crippen LogP contribution in [0.3, 0.4) is 0 Å². The molecule has 0 spiro atoms. The third kappa shape index (κ3) is 2.60. The first kappa shape index (κ1) is 13.1. The monoisotopic (exact) mass is 281 g/mol. The normalized spacial score (nSPS) is 10.6. The summed E-state index contributed by atoms with van der Waals surface area (Å²) in [4.78, 5) is 26.1. The van der Waals surface area contributed by atoms with Crippen molar-refractivity contribution in [2.75, 3.05) is 5.73 Å². The van der Waals surface area contributed by atoms with Crippen LogP contribution in [0.1, 0.15) is 17.3 Å². The molecule has 0 aliphatic carbocycles. The maximum Gasteiger partial charge on any atom is 0.343 e. The topological polar surface area (TPSA) is 127 Å². The summed E-state index contributed by atoms with van der Waals surface area (Å²) < 4.78 is 1.43. The third-order valence-electron chi connectivity index (χ3n) is 2.35. The van der Waals surface area contributed by atoms with Crippen molar-refractivity contribution in [3.8, 4) is 0 Å². The lowest BCUT2D eigenvalue weighted by Crippen LogP contribution is -2.16. The summed E-state index contributed by atoms with van der Waals surface area (Å²) in [5, 5.41) is 15.8. The van der Waals surface area contributed by atoms with E-state index in [4.69, 9.17) is 10.8 Å². The molecule has 9 heteroatoms. The van der Waals surface area contributed by atoms with Crippen LogP contribution < -0.4 is 11.4 Å². The molecule has 19 heavy (non-hydrogen) atoms. The first-order chi connectivity index (χ1) is 9.02. The molecule has 2 rings (SSSR count). The lowest BCUT2D eigenvalue weighted by atomic mass is 10.3. The van der Waals surface area contributed by atoms with Gasteiger partial charge in [-0.25, -0.2) is 19.7 Å². The van der Waals surface area contributed by atoms with Gasteiger partial charge in [0.05, 0.1) is 11.3 Å². The summed E-state index contributed by atoms with van der Waals surface area (Å²) in [6.07, 6.45) is 1.21. The standard InChI is InChI=1S/C10H11N5O3S/c1-2-15-9(18)13-14-10(15)19-7-6(11)3-5(4-12-7)8(16)17/h3-4H,2,11H2,1H3,(H,13,18)(H,16,17). The van der Waals surface area contributed by atoms with E-state index in [1.54, 1.807) is 0 Å². The molecule has 0 aliphatic rings. The molecule has 0 unspecified atom stereocenters. The number of anilines is 1. The van der Waals surface area contributed by atoms with E-state index in [1.165, 1.54) is 16.8 Å². The number of hydrogen-bond acceptors (Lipinski definition) is 6. The van der Waals surface area contributed by atoms with Gasteiger partial charge in [-0.05, 0) is 24.8 Å². The molecular weight excluding hydrogens is 270 g/mol. The molecule has 2 heterocycles. The molecule has 0 bridgehead atoms. The summed E-state index contributed by atoms with van der Waals surface area (Å²) in [6.45, 7) is 2.27. The average molecular weight is 281 g/mol. The fourth-order valence-corrected chi connectivity index (χ4v) is 2.29. The first-order valence-corrected chi connectivity index (χ1v) is 6.16. The van der Waals surface area contributed by atoms with Crippen molar-refractivity contribution >= 4 is 23.4 Å². The zero-order valence-corrected chi connectivity index (χ0v) is 10.8. The number of nitrogen functional groups attached to an aromatic ring is 1. The van der Waals surface area contributed by atoms with Gasteiger partial charge in [0.15, 0.2) is 5.16 Å². The molecule has 0 amide bonds. The van der Waals surface area contributed by atoms with Crippen LogP contribution in [0.2, 0.25) is 0 Å². The van der Waals surface area contributed by atoms with Gasteiger partial charge >= 0.3 is 11.7 Å². The van der Waals surface area contributed by atoms with Crippen LogP contribution >= 0.6 is 11.8 Å². The Morgan fingerprint density at radius 2 is 2.37 bits per heavy atom. The maximum atomic E-state index is 11.4. The number of H-pyrrole nitrogens is 1. The highest BCUT2D eigenvalue weighted by atomic mass is 32.2. The van der Waals surface area contributed by atoms with Gasteiger partial charge in [-0.15, -0.1) is 5.10 Å². The van der Waals surface area contributed by atoms with Crippen molar-refractivity contribution in [1.29, 1.82) is 0 Å². The van der Waals surface area contributed by atoms with E-state index in [0.717, 1.165) is 11.8 Å². The number of aromatic amines is 1. The number of aromatic carboxylic acids is 1. The van der Waals surface area contributed by atoms with Crippen LogP contribution in [0.4, 0.5) is 5.69 Å². The summed E-state index contributed by atoms with van der Waals surface area (Å²) in [5.74, 6) is -1.10. The highest BCUT2D eigenvalue weighted by molar-refractivity contribution is 7.99. The Bertz CT molecular complexity index is 678. The molecule has 2 aromatic rings. The molecule has 100 valence electrons. The highest BCUT2D eigenvalue weighted by Gasteiger charge is 2.13. The number of carboxylic acids is 1. The Balaban J connectivity index is 2.33. The number of rotatable bonds is 4. The molecule has 4 N–H and O–H groups in total. The Kier molecular flexibility index (Phi) is 3.56. The summed E-state index contributed by atoms with van der Waals surface area (Å²) in [7, 11) is 0. The number of aromatic nitrogens is 4. The van der Waals surface area contributed by atoms with Gasteiger partial charge in [0.2, 0.25) is 0 Å². The lowest BCUT2D eigenvalue weighted by Gasteiger charge is -2.05. The fourth-order valence-electron chi connectivity index (χ4n) is 1.42.